The average molecular weight is 280 g/mol. The van der Waals surface area contributed by atoms with Gasteiger partial charge in [-0.15, -0.1) is 0 Å². The molecule has 2 heteroatoms. The van der Waals surface area contributed by atoms with Crippen LogP contribution in [-0.2, 0) is 0 Å². The smallest absolute Gasteiger partial charge is 0.00697 e. The molecule has 0 N–H and O–H groups in total. The molecule has 2 atom stereocenters. The van der Waals surface area contributed by atoms with Crippen LogP contribution in [0.5, 0.6) is 0 Å². The normalized spacial score (nSPS) is 31.4. The van der Waals surface area contributed by atoms with Gasteiger partial charge in [-0.3, -0.25) is 0 Å². The minimum Gasteiger partial charge on any atom is -0.301 e. The lowest BCUT2D eigenvalue weighted by Crippen LogP contribution is -2.46. The molecule has 2 nitrogen and oxygen atoms in total. The highest BCUT2D eigenvalue weighted by atomic mass is 15.2. The van der Waals surface area contributed by atoms with E-state index in [1.54, 1.807) is 0 Å². The Morgan fingerprint density at radius 1 is 0.950 bits per heavy atom. The maximum Gasteiger partial charge on any atom is 0.00697 e. The van der Waals surface area contributed by atoms with Crippen LogP contribution in [0, 0.1) is 17.8 Å². The highest BCUT2D eigenvalue weighted by molar-refractivity contribution is 4.83. The van der Waals surface area contributed by atoms with E-state index in [1.807, 2.05) is 0 Å². The molecule has 20 heavy (non-hydrogen) atoms. The molecule has 0 aromatic rings. The minimum absolute atomic E-state index is 0.733. The number of likely N-dealkylation sites (tertiary alicyclic amines) is 2. The summed E-state index contributed by atoms with van der Waals surface area (Å²) in [6.45, 7) is 17.3. The summed E-state index contributed by atoms with van der Waals surface area (Å²) >= 11 is 0. The molecule has 0 saturated carbocycles. The third-order valence-corrected chi connectivity index (χ3v) is 5.87. The van der Waals surface area contributed by atoms with Crippen molar-refractivity contribution in [2.75, 3.05) is 26.2 Å². The van der Waals surface area contributed by atoms with Gasteiger partial charge in [0.05, 0.1) is 0 Å². The standard InChI is InChI=1S/C18H36N2/c1-14(2)18-8-11-20(16(5)12-18)13-17-6-9-19(10-7-17)15(3)4/h14-18H,6-13H2,1-5H3. The van der Waals surface area contributed by atoms with E-state index >= 15 is 0 Å². The van der Waals surface area contributed by atoms with Gasteiger partial charge in [0.25, 0.3) is 0 Å². The van der Waals surface area contributed by atoms with Crippen molar-refractivity contribution in [2.45, 2.75) is 72.4 Å². The van der Waals surface area contributed by atoms with Crippen LogP contribution in [0.15, 0.2) is 0 Å². The molecule has 2 fully saturated rings. The first-order valence-corrected chi connectivity index (χ1v) is 8.95. The van der Waals surface area contributed by atoms with Gasteiger partial charge < -0.3 is 9.80 Å². The lowest BCUT2D eigenvalue weighted by molar-refractivity contribution is 0.0645. The second kappa shape index (κ2) is 7.26. The third-order valence-electron chi connectivity index (χ3n) is 5.87. The van der Waals surface area contributed by atoms with E-state index in [2.05, 4.69) is 44.4 Å². The number of piperidine rings is 2. The van der Waals surface area contributed by atoms with Crippen molar-refractivity contribution in [3.05, 3.63) is 0 Å². The van der Waals surface area contributed by atoms with Gasteiger partial charge in [-0.2, -0.15) is 0 Å². The lowest BCUT2D eigenvalue weighted by Gasteiger charge is -2.42. The van der Waals surface area contributed by atoms with Gasteiger partial charge in [-0.1, -0.05) is 13.8 Å². The molecule has 2 aliphatic rings. The molecule has 0 radical (unpaired) electrons. The van der Waals surface area contributed by atoms with Crippen molar-refractivity contribution in [3.8, 4) is 0 Å². The van der Waals surface area contributed by atoms with E-state index in [9.17, 15) is 0 Å². The Balaban J connectivity index is 1.75. The fourth-order valence-corrected chi connectivity index (χ4v) is 4.12. The van der Waals surface area contributed by atoms with E-state index in [1.165, 1.54) is 51.9 Å². The Hall–Kier alpha value is -0.0800. The Kier molecular flexibility index (Phi) is 5.92. The zero-order chi connectivity index (χ0) is 14.7. The predicted molar refractivity (Wildman–Crippen MR) is 88.0 cm³/mol. The molecule has 0 bridgehead atoms. The van der Waals surface area contributed by atoms with E-state index in [-0.39, 0.29) is 0 Å². The van der Waals surface area contributed by atoms with E-state index in [0.29, 0.717) is 0 Å². The first-order chi connectivity index (χ1) is 9.47. The largest absolute Gasteiger partial charge is 0.301 e. The Morgan fingerprint density at radius 2 is 1.60 bits per heavy atom. The van der Waals surface area contributed by atoms with Crippen LogP contribution in [0.2, 0.25) is 0 Å². The summed E-state index contributed by atoms with van der Waals surface area (Å²) < 4.78 is 0. The van der Waals surface area contributed by atoms with Crippen molar-refractivity contribution in [3.63, 3.8) is 0 Å². The number of nitrogens with zero attached hydrogens (tertiary/aromatic N) is 2. The van der Waals surface area contributed by atoms with Gasteiger partial charge in [-0.05, 0) is 83.8 Å². The second-order valence-electron chi connectivity index (χ2n) is 7.95. The summed E-state index contributed by atoms with van der Waals surface area (Å²) in [6, 6.07) is 1.54. The number of rotatable bonds is 4. The van der Waals surface area contributed by atoms with Crippen LogP contribution in [-0.4, -0.2) is 48.1 Å². The first-order valence-electron chi connectivity index (χ1n) is 8.95. The monoisotopic (exact) mass is 280 g/mol. The highest BCUT2D eigenvalue weighted by Crippen LogP contribution is 2.30. The van der Waals surface area contributed by atoms with Crippen LogP contribution >= 0.6 is 0 Å². The molecule has 2 saturated heterocycles. The van der Waals surface area contributed by atoms with E-state index in [0.717, 1.165) is 29.8 Å². The summed E-state index contributed by atoms with van der Waals surface area (Å²) in [5, 5.41) is 0. The average Bonchev–Trinajstić information content (AvgIpc) is 2.41. The van der Waals surface area contributed by atoms with E-state index < -0.39 is 0 Å². The first kappa shape index (κ1) is 16.3. The maximum absolute atomic E-state index is 2.79. The van der Waals surface area contributed by atoms with Gasteiger partial charge in [0, 0.05) is 18.6 Å². The van der Waals surface area contributed by atoms with Crippen LogP contribution in [0.3, 0.4) is 0 Å². The van der Waals surface area contributed by atoms with Crippen molar-refractivity contribution in [2.24, 2.45) is 17.8 Å². The van der Waals surface area contributed by atoms with Gasteiger partial charge in [0.15, 0.2) is 0 Å². The van der Waals surface area contributed by atoms with Crippen molar-refractivity contribution in [1.29, 1.82) is 0 Å². The summed E-state index contributed by atoms with van der Waals surface area (Å²) in [4.78, 5) is 5.43. The third kappa shape index (κ3) is 4.21. The molecule has 0 aromatic carbocycles. The molecule has 2 unspecified atom stereocenters. The molecular formula is C18H36N2. The summed E-state index contributed by atoms with van der Waals surface area (Å²) in [6.07, 6.45) is 5.67. The Labute approximate surface area is 126 Å². The van der Waals surface area contributed by atoms with Crippen molar-refractivity contribution >= 4 is 0 Å². The SMILES string of the molecule is CC(C)C1CCN(CC2CCN(C(C)C)CC2)C(C)C1. The maximum atomic E-state index is 2.79. The minimum atomic E-state index is 0.733. The fourth-order valence-electron chi connectivity index (χ4n) is 4.12. The molecule has 0 aliphatic carbocycles. The molecule has 0 amide bonds. The zero-order valence-corrected chi connectivity index (χ0v) is 14.4. The summed E-state index contributed by atoms with van der Waals surface area (Å²) in [5.74, 6) is 2.78. The van der Waals surface area contributed by atoms with Gasteiger partial charge in [0.1, 0.15) is 0 Å². The van der Waals surface area contributed by atoms with Crippen molar-refractivity contribution in [1.82, 2.24) is 9.80 Å². The Bertz CT molecular complexity index is 279. The molecular weight excluding hydrogens is 244 g/mol. The van der Waals surface area contributed by atoms with Crippen LogP contribution < -0.4 is 0 Å². The molecule has 2 heterocycles. The quantitative estimate of drug-likeness (QED) is 0.771. The van der Waals surface area contributed by atoms with Crippen molar-refractivity contribution < 1.29 is 0 Å². The van der Waals surface area contributed by atoms with Gasteiger partial charge in [-0.25, -0.2) is 0 Å². The lowest BCUT2D eigenvalue weighted by atomic mass is 9.82. The Morgan fingerprint density at radius 3 is 2.10 bits per heavy atom. The molecule has 0 aromatic heterocycles. The number of hydrogen-bond acceptors (Lipinski definition) is 2. The van der Waals surface area contributed by atoms with E-state index in [4.69, 9.17) is 0 Å². The fraction of sp³-hybridized carbons (Fsp3) is 1.00. The predicted octanol–water partition coefficient (Wildman–Crippen LogP) is 3.86. The highest BCUT2D eigenvalue weighted by Gasteiger charge is 2.29. The molecule has 0 spiro atoms. The molecule has 2 aliphatic heterocycles. The van der Waals surface area contributed by atoms with Crippen LogP contribution in [0.1, 0.15) is 60.3 Å². The van der Waals surface area contributed by atoms with Gasteiger partial charge in [0.2, 0.25) is 0 Å². The molecule has 118 valence electrons. The van der Waals surface area contributed by atoms with Gasteiger partial charge >= 0.3 is 0 Å². The zero-order valence-electron chi connectivity index (χ0n) is 14.4. The molecule has 2 rings (SSSR count). The summed E-state index contributed by atoms with van der Waals surface area (Å²) in [7, 11) is 0. The summed E-state index contributed by atoms with van der Waals surface area (Å²) in [5.41, 5.74) is 0. The second-order valence-corrected chi connectivity index (χ2v) is 7.95. The van der Waals surface area contributed by atoms with Crippen LogP contribution in [0.4, 0.5) is 0 Å². The topological polar surface area (TPSA) is 6.48 Å². The number of hydrogen-bond donors (Lipinski definition) is 0. The van der Waals surface area contributed by atoms with Crippen LogP contribution in [0.25, 0.3) is 0 Å².